The van der Waals surface area contributed by atoms with Crippen LogP contribution in [0, 0.1) is 0 Å². The van der Waals surface area contributed by atoms with E-state index in [1.54, 1.807) is 7.05 Å². The lowest BCUT2D eigenvalue weighted by atomic mass is 10.0. The van der Waals surface area contributed by atoms with E-state index in [4.69, 9.17) is 9.84 Å². The lowest BCUT2D eigenvalue weighted by molar-refractivity contribution is 0.0695. The van der Waals surface area contributed by atoms with Crippen LogP contribution in [0.4, 0.5) is 0 Å². The average molecular weight is 196 g/mol. The van der Waals surface area contributed by atoms with Gasteiger partial charge in [-0.15, -0.1) is 0 Å². The Morgan fingerprint density at radius 1 is 1.79 bits per heavy atom. The monoisotopic (exact) mass is 196 g/mol. The lowest BCUT2D eigenvalue weighted by Gasteiger charge is -2.03. The van der Waals surface area contributed by atoms with Crippen LogP contribution in [0.2, 0.25) is 0 Å². The van der Waals surface area contributed by atoms with E-state index < -0.39 is 5.97 Å². The van der Waals surface area contributed by atoms with E-state index in [2.05, 4.69) is 5.10 Å². The van der Waals surface area contributed by atoms with Crippen LogP contribution in [0.15, 0.2) is 6.20 Å². The minimum Gasteiger partial charge on any atom is -0.478 e. The number of aryl methyl sites for hydroxylation is 1. The van der Waals surface area contributed by atoms with Gasteiger partial charge in [0.2, 0.25) is 0 Å². The molecule has 1 unspecified atom stereocenters. The molecule has 5 heteroatoms. The summed E-state index contributed by atoms with van der Waals surface area (Å²) in [6.45, 7) is 1.28. The van der Waals surface area contributed by atoms with E-state index in [-0.39, 0.29) is 5.92 Å². The quantitative estimate of drug-likeness (QED) is 0.753. The van der Waals surface area contributed by atoms with Gasteiger partial charge in [-0.1, -0.05) is 0 Å². The predicted octanol–water partition coefficient (Wildman–Crippen LogP) is 0.622. The molecule has 1 fully saturated rings. The first kappa shape index (κ1) is 9.21. The Balaban J connectivity index is 2.35. The molecule has 0 aliphatic carbocycles. The number of aromatic nitrogens is 2. The molecule has 14 heavy (non-hydrogen) atoms. The van der Waals surface area contributed by atoms with Crippen LogP contribution in [0.3, 0.4) is 0 Å². The standard InChI is InChI=1S/C9H12N2O3/c1-11-4-7(9(12)13)8(10-11)6-2-3-14-5-6/h4,6H,2-3,5H2,1H3,(H,12,13). The summed E-state index contributed by atoms with van der Waals surface area (Å²) < 4.78 is 6.75. The number of hydrogen-bond acceptors (Lipinski definition) is 3. The van der Waals surface area contributed by atoms with Crippen molar-refractivity contribution >= 4 is 5.97 Å². The number of ether oxygens (including phenoxy) is 1. The first-order valence-corrected chi connectivity index (χ1v) is 4.53. The Hall–Kier alpha value is -1.36. The van der Waals surface area contributed by atoms with Crippen molar-refractivity contribution in [3.8, 4) is 0 Å². The molecule has 1 atom stereocenters. The minimum absolute atomic E-state index is 0.141. The fraction of sp³-hybridized carbons (Fsp3) is 0.556. The van der Waals surface area contributed by atoms with Crippen LogP contribution >= 0.6 is 0 Å². The zero-order valence-electron chi connectivity index (χ0n) is 7.93. The number of rotatable bonds is 2. The van der Waals surface area contributed by atoms with Crippen molar-refractivity contribution in [2.24, 2.45) is 7.05 Å². The number of hydrogen-bond donors (Lipinski definition) is 1. The smallest absolute Gasteiger partial charge is 0.339 e. The minimum atomic E-state index is -0.917. The summed E-state index contributed by atoms with van der Waals surface area (Å²) in [6.07, 6.45) is 2.40. The highest BCUT2D eigenvalue weighted by Gasteiger charge is 2.26. The molecule has 5 nitrogen and oxygen atoms in total. The van der Waals surface area contributed by atoms with Crippen molar-refractivity contribution in [2.75, 3.05) is 13.2 Å². The number of carboxylic acids is 1. The van der Waals surface area contributed by atoms with E-state index in [0.29, 0.717) is 24.5 Å². The first-order chi connectivity index (χ1) is 6.68. The highest BCUT2D eigenvalue weighted by molar-refractivity contribution is 5.88. The maximum atomic E-state index is 10.9. The largest absolute Gasteiger partial charge is 0.478 e. The topological polar surface area (TPSA) is 64.4 Å². The van der Waals surface area contributed by atoms with Crippen LogP contribution in [0.5, 0.6) is 0 Å². The molecule has 0 bridgehead atoms. The van der Waals surface area contributed by atoms with Crippen molar-refractivity contribution in [2.45, 2.75) is 12.3 Å². The summed E-state index contributed by atoms with van der Waals surface area (Å²) >= 11 is 0. The van der Waals surface area contributed by atoms with E-state index in [1.807, 2.05) is 0 Å². The van der Waals surface area contributed by atoms with Gasteiger partial charge in [-0.2, -0.15) is 5.10 Å². The number of carboxylic acid groups (broad SMARTS) is 1. The van der Waals surface area contributed by atoms with Crippen LogP contribution in [-0.4, -0.2) is 34.1 Å². The first-order valence-electron chi connectivity index (χ1n) is 4.53. The summed E-state index contributed by atoms with van der Waals surface area (Å²) in [5.74, 6) is -0.776. The summed E-state index contributed by atoms with van der Waals surface area (Å²) in [7, 11) is 1.73. The molecule has 1 aromatic rings. The molecule has 0 radical (unpaired) electrons. The fourth-order valence-corrected chi connectivity index (χ4v) is 1.72. The van der Waals surface area contributed by atoms with Gasteiger partial charge in [-0.3, -0.25) is 4.68 Å². The number of nitrogens with zero attached hydrogens (tertiary/aromatic N) is 2. The molecule has 1 aliphatic heterocycles. The molecule has 1 aromatic heterocycles. The number of carbonyl (C=O) groups is 1. The Morgan fingerprint density at radius 3 is 3.14 bits per heavy atom. The molecule has 2 heterocycles. The summed E-state index contributed by atoms with van der Waals surface area (Å²) in [5.41, 5.74) is 0.945. The second kappa shape index (κ2) is 3.42. The van der Waals surface area contributed by atoms with E-state index in [0.717, 1.165) is 6.42 Å². The van der Waals surface area contributed by atoms with Gasteiger partial charge in [0.1, 0.15) is 5.56 Å². The van der Waals surface area contributed by atoms with Crippen molar-refractivity contribution in [3.63, 3.8) is 0 Å². The van der Waals surface area contributed by atoms with E-state index >= 15 is 0 Å². The number of aromatic carboxylic acids is 1. The van der Waals surface area contributed by atoms with Crippen LogP contribution in [-0.2, 0) is 11.8 Å². The van der Waals surface area contributed by atoms with Crippen LogP contribution in [0.1, 0.15) is 28.4 Å². The van der Waals surface area contributed by atoms with Gasteiger partial charge < -0.3 is 9.84 Å². The maximum Gasteiger partial charge on any atom is 0.339 e. The fourth-order valence-electron chi connectivity index (χ4n) is 1.72. The summed E-state index contributed by atoms with van der Waals surface area (Å²) in [6, 6.07) is 0. The third kappa shape index (κ3) is 1.50. The van der Waals surface area contributed by atoms with Gasteiger partial charge in [0.05, 0.1) is 12.3 Å². The van der Waals surface area contributed by atoms with Gasteiger partial charge in [0.25, 0.3) is 0 Å². The third-order valence-electron chi connectivity index (χ3n) is 2.40. The molecule has 2 rings (SSSR count). The Kier molecular flexibility index (Phi) is 2.25. The molecule has 1 saturated heterocycles. The van der Waals surface area contributed by atoms with Crippen LogP contribution in [0.25, 0.3) is 0 Å². The Bertz CT molecular complexity index is 353. The van der Waals surface area contributed by atoms with E-state index in [1.165, 1.54) is 10.9 Å². The van der Waals surface area contributed by atoms with Crippen molar-refractivity contribution in [3.05, 3.63) is 17.5 Å². The molecule has 0 aromatic carbocycles. The van der Waals surface area contributed by atoms with Gasteiger partial charge in [0.15, 0.2) is 0 Å². The third-order valence-corrected chi connectivity index (χ3v) is 2.40. The maximum absolute atomic E-state index is 10.9. The van der Waals surface area contributed by atoms with Crippen molar-refractivity contribution < 1.29 is 14.6 Å². The van der Waals surface area contributed by atoms with Gasteiger partial charge >= 0.3 is 5.97 Å². The normalized spacial score (nSPS) is 21.4. The zero-order valence-corrected chi connectivity index (χ0v) is 7.93. The molecule has 1 N–H and O–H groups in total. The second-order valence-electron chi connectivity index (χ2n) is 3.47. The Morgan fingerprint density at radius 2 is 2.57 bits per heavy atom. The second-order valence-corrected chi connectivity index (χ2v) is 3.47. The van der Waals surface area contributed by atoms with Gasteiger partial charge in [-0.05, 0) is 6.42 Å². The predicted molar refractivity (Wildman–Crippen MR) is 48.3 cm³/mol. The van der Waals surface area contributed by atoms with Crippen molar-refractivity contribution in [1.82, 2.24) is 9.78 Å². The highest BCUT2D eigenvalue weighted by Crippen LogP contribution is 2.26. The summed E-state index contributed by atoms with van der Waals surface area (Å²) in [5, 5.41) is 13.1. The molecule has 0 saturated carbocycles. The molecule has 0 spiro atoms. The van der Waals surface area contributed by atoms with Crippen LogP contribution < -0.4 is 0 Å². The molecule has 76 valence electrons. The highest BCUT2D eigenvalue weighted by atomic mass is 16.5. The van der Waals surface area contributed by atoms with Gasteiger partial charge in [-0.25, -0.2) is 4.79 Å². The van der Waals surface area contributed by atoms with E-state index in [9.17, 15) is 4.79 Å². The molecule has 0 amide bonds. The average Bonchev–Trinajstić information content (AvgIpc) is 2.70. The zero-order chi connectivity index (χ0) is 10.1. The SMILES string of the molecule is Cn1cc(C(=O)O)c(C2CCOC2)n1. The molecular weight excluding hydrogens is 184 g/mol. The molecular formula is C9H12N2O3. The van der Waals surface area contributed by atoms with Crippen molar-refractivity contribution in [1.29, 1.82) is 0 Å². The van der Waals surface area contributed by atoms with Gasteiger partial charge in [0, 0.05) is 25.8 Å². The Labute approximate surface area is 81.3 Å². The molecule has 1 aliphatic rings. The summed E-state index contributed by atoms with van der Waals surface area (Å²) in [4.78, 5) is 10.9. The lowest BCUT2D eigenvalue weighted by Crippen LogP contribution is -2.06.